The lowest BCUT2D eigenvalue weighted by atomic mass is 9.33. The number of hydrogen-bond donors (Lipinski definition) is 0. The molecule has 38 heavy (non-hydrogen) atoms. The highest BCUT2D eigenvalue weighted by atomic mass is 16.5. The summed E-state index contributed by atoms with van der Waals surface area (Å²) >= 11 is 0. The van der Waals surface area contributed by atoms with Crippen LogP contribution >= 0.6 is 0 Å². The minimum Gasteiger partial charge on any atom is -0.376 e. The highest BCUT2D eigenvalue weighted by Crippen LogP contribution is 2.55. The third-order valence-electron chi connectivity index (χ3n) is 8.84. The Balaban J connectivity index is 2.63. The second-order valence-corrected chi connectivity index (χ2v) is 18.9. The van der Waals surface area contributed by atoms with Crippen LogP contribution in [0.25, 0.3) is 0 Å². The van der Waals surface area contributed by atoms with Crippen molar-refractivity contribution in [3.05, 3.63) is 0 Å². The lowest BCUT2D eigenvalue weighted by Crippen LogP contribution is -2.40. The highest BCUT2D eigenvalue weighted by Gasteiger charge is 2.49. The molecule has 2 atom stereocenters. The van der Waals surface area contributed by atoms with E-state index in [1.165, 1.54) is 6.42 Å². The Morgan fingerprint density at radius 2 is 1.11 bits per heavy atom. The molecule has 0 aromatic rings. The third kappa shape index (κ3) is 12.7. The van der Waals surface area contributed by atoms with Crippen LogP contribution in [0.1, 0.15) is 157 Å². The summed E-state index contributed by atoms with van der Waals surface area (Å²) in [6, 6.07) is 0. The maximum Gasteiger partial charge on any atom is 0.125 e. The lowest BCUT2D eigenvalue weighted by molar-refractivity contribution is -0.0526. The lowest BCUT2D eigenvalue weighted by Gasteiger charge is -2.47. The Morgan fingerprint density at radius 3 is 1.55 bits per heavy atom. The van der Waals surface area contributed by atoms with Gasteiger partial charge in [0.25, 0.3) is 0 Å². The van der Waals surface area contributed by atoms with E-state index in [0.717, 1.165) is 32.3 Å². The Kier molecular flexibility index (Phi) is 11.1. The van der Waals surface area contributed by atoms with Gasteiger partial charge in [-0.15, -0.1) is 0 Å². The fraction of sp³-hybridized carbons (Fsp3) is 1.00. The molecule has 222 valence electrons. The highest BCUT2D eigenvalue weighted by molar-refractivity contribution is 6.44. The second-order valence-electron chi connectivity index (χ2n) is 18.9. The quantitative estimate of drug-likeness (QED) is 0.155. The van der Waals surface area contributed by atoms with Gasteiger partial charge < -0.3 is 9.47 Å². The molecule has 1 aliphatic carbocycles. The number of hydrogen-bond acceptors (Lipinski definition) is 2. The van der Waals surface area contributed by atoms with Gasteiger partial charge in [0.2, 0.25) is 0 Å². The van der Waals surface area contributed by atoms with Crippen molar-refractivity contribution in [2.24, 2.45) is 16.7 Å². The molecule has 2 nitrogen and oxygen atoms in total. The maximum absolute atomic E-state index is 6.66. The van der Waals surface area contributed by atoms with Crippen LogP contribution < -0.4 is 0 Å². The van der Waals surface area contributed by atoms with E-state index in [1.54, 1.807) is 0 Å². The Bertz CT molecular complexity index is 747. The van der Waals surface area contributed by atoms with Crippen molar-refractivity contribution >= 4 is 14.6 Å². The summed E-state index contributed by atoms with van der Waals surface area (Å²) in [5.41, 5.74) is 0.269. The van der Waals surface area contributed by atoms with Crippen molar-refractivity contribution in [2.45, 2.75) is 195 Å². The molecular formula is C34H68B2O2. The van der Waals surface area contributed by atoms with Gasteiger partial charge in [0.15, 0.2) is 0 Å². The molecule has 0 N–H and O–H groups in total. The molecule has 0 amide bonds. The van der Waals surface area contributed by atoms with Gasteiger partial charge in [-0.1, -0.05) is 118 Å². The van der Waals surface area contributed by atoms with E-state index in [-0.39, 0.29) is 37.9 Å². The SMILES string of the molecule is CC(C)(C)[B]C(C)(C)CC(C)(C)OCCCC(C)(C)C(C)(C)[B]C(C)(C)CC(C)(C)OC1CC1C(C)(C)C. The molecule has 0 aromatic heterocycles. The molecule has 1 rings (SSSR count). The van der Waals surface area contributed by atoms with Crippen LogP contribution in [0.2, 0.25) is 21.3 Å². The Morgan fingerprint density at radius 1 is 0.632 bits per heavy atom. The average Bonchev–Trinajstić information content (AvgIpc) is 3.31. The molecular weight excluding hydrogens is 462 g/mol. The zero-order valence-electron chi connectivity index (χ0n) is 29.4. The Hall–Kier alpha value is 0.0499. The summed E-state index contributed by atoms with van der Waals surface area (Å²) in [5, 5.41) is 0.547. The summed E-state index contributed by atoms with van der Waals surface area (Å²) < 4.78 is 13.1. The Labute approximate surface area is 242 Å². The van der Waals surface area contributed by atoms with Crippen LogP contribution in [0, 0.1) is 16.7 Å². The smallest absolute Gasteiger partial charge is 0.125 e. The van der Waals surface area contributed by atoms with E-state index >= 15 is 0 Å². The molecule has 0 heterocycles. The van der Waals surface area contributed by atoms with E-state index in [1.807, 2.05) is 0 Å². The molecule has 1 aliphatic rings. The van der Waals surface area contributed by atoms with Gasteiger partial charge in [-0.25, -0.2) is 0 Å². The van der Waals surface area contributed by atoms with Crippen molar-refractivity contribution in [3.8, 4) is 0 Å². The summed E-state index contributed by atoms with van der Waals surface area (Å²) in [6.07, 6.45) is 5.93. The molecule has 2 radical (unpaired) electrons. The minimum atomic E-state index is -0.127. The van der Waals surface area contributed by atoms with E-state index in [9.17, 15) is 0 Å². The monoisotopic (exact) mass is 531 g/mol. The van der Waals surface area contributed by atoms with E-state index in [2.05, 4.69) is 139 Å². The zero-order valence-corrected chi connectivity index (χ0v) is 29.4. The van der Waals surface area contributed by atoms with E-state index in [4.69, 9.17) is 9.47 Å². The molecule has 0 aliphatic heterocycles. The number of ether oxygens (including phenoxy) is 2. The zero-order chi connectivity index (χ0) is 30.2. The molecule has 1 saturated carbocycles. The second kappa shape index (κ2) is 11.7. The first-order chi connectivity index (χ1) is 16.5. The largest absolute Gasteiger partial charge is 0.376 e. The van der Waals surface area contributed by atoms with Crippen LogP contribution in [0.4, 0.5) is 0 Å². The van der Waals surface area contributed by atoms with Crippen molar-refractivity contribution in [2.75, 3.05) is 6.61 Å². The van der Waals surface area contributed by atoms with Crippen LogP contribution in [0.3, 0.4) is 0 Å². The summed E-state index contributed by atoms with van der Waals surface area (Å²) in [7, 11) is 5.10. The standard InChI is InChI=1S/C34H68B2O2/c1-27(2,3)25-22-26(25)38-33(15,16)24-31(11,12)36-34(17,18)29(7,8)20-19-21-37-32(13,14)23-30(9,10)35-28(4,5)6/h25-26H,19-24H2,1-18H3. The topological polar surface area (TPSA) is 18.5 Å². The first-order valence-electron chi connectivity index (χ1n) is 15.5. The first-order valence-corrected chi connectivity index (χ1v) is 15.5. The van der Waals surface area contributed by atoms with Gasteiger partial charge in [-0.05, 0) is 76.5 Å². The van der Waals surface area contributed by atoms with Crippen LogP contribution in [0.5, 0.6) is 0 Å². The predicted molar refractivity (Wildman–Crippen MR) is 172 cm³/mol. The van der Waals surface area contributed by atoms with Crippen molar-refractivity contribution in [1.29, 1.82) is 0 Å². The average molecular weight is 531 g/mol. The maximum atomic E-state index is 6.66. The van der Waals surface area contributed by atoms with Gasteiger partial charge in [0, 0.05) is 6.61 Å². The van der Waals surface area contributed by atoms with Crippen molar-refractivity contribution in [3.63, 3.8) is 0 Å². The van der Waals surface area contributed by atoms with E-state index < -0.39 is 0 Å². The van der Waals surface area contributed by atoms with Crippen LogP contribution in [-0.2, 0) is 9.47 Å². The fourth-order valence-electron chi connectivity index (χ4n) is 7.54. The predicted octanol–water partition coefficient (Wildman–Crippen LogP) is 10.8. The van der Waals surface area contributed by atoms with Gasteiger partial charge in [0.1, 0.15) is 14.6 Å². The molecule has 2 unspecified atom stereocenters. The van der Waals surface area contributed by atoms with Gasteiger partial charge in [-0.2, -0.15) is 0 Å². The van der Waals surface area contributed by atoms with Crippen LogP contribution in [-0.4, -0.2) is 38.5 Å². The number of rotatable bonds is 15. The third-order valence-corrected chi connectivity index (χ3v) is 8.84. The van der Waals surface area contributed by atoms with Gasteiger partial charge in [0.05, 0.1) is 17.3 Å². The molecule has 0 saturated heterocycles. The molecule has 0 aromatic carbocycles. The van der Waals surface area contributed by atoms with E-state index in [0.29, 0.717) is 17.4 Å². The minimum absolute atomic E-state index is 0.0873. The summed E-state index contributed by atoms with van der Waals surface area (Å²) in [5.74, 6) is 0.694. The van der Waals surface area contributed by atoms with Gasteiger partial charge >= 0.3 is 0 Å². The molecule has 1 fully saturated rings. The fourth-order valence-corrected chi connectivity index (χ4v) is 7.54. The first kappa shape index (κ1) is 36.1. The van der Waals surface area contributed by atoms with Gasteiger partial charge in [-0.3, -0.25) is 0 Å². The van der Waals surface area contributed by atoms with Crippen molar-refractivity contribution < 1.29 is 9.47 Å². The summed E-state index contributed by atoms with van der Waals surface area (Å²) in [4.78, 5) is 0. The van der Waals surface area contributed by atoms with Crippen molar-refractivity contribution in [1.82, 2.24) is 0 Å². The van der Waals surface area contributed by atoms with Crippen LogP contribution in [0.15, 0.2) is 0 Å². The molecule has 0 spiro atoms. The molecule has 0 bridgehead atoms. The normalized spacial score (nSPS) is 20.5. The summed E-state index contributed by atoms with van der Waals surface area (Å²) in [6.45, 7) is 43.0. The molecule has 4 heteroatoms.